The first kappa shape index (κ1) is 19.1. The molecule has 1 aliphatic rings. The van der Waals surface area contributed by atoms with Crippen molar-refractivity contribution in [2.75, 3.05) is 13.1 Å². The summed E-state index contributed by atoms with van der Waals surface area (Å²) in [6.45, 7) is 4.14. The first-order chi connectivity index (χ1) is 12.8. The Bertz CT molecular complexity index is 614. The second kappa shape index (κ2) is 10.5. The molecule has 140 valence electrons. The lowest BCUT2D eigenvalue weighted by Gasteiger charge is -2.30. The van der Waals surface area contributed by atoms with Crippen LogP contribution in [0.15, 0.2) is 54.6 Å². The highest BCUT2D eigenvalue weighted by Crippen LogP contribution is 2.25. The number of rotatable bonds is 9. The largest absolute Gasteiger partial charge is 0.326 e. The third-order valence-corrected chi connectivity index (χ3v) is 5.69. The van der Waals surface area contributed by atoms with E-state index in [1.807, 2.05) is 0 Å². The zero-order valence-corrected chi connectivity index (χ0v) is 16.1. The second-order valence-electron chi connectivity index (χ2n) is 7.85. The van der Waals surface area contributed by atoms with Crippen molar-refractivity contribution < 1.29 is 0 Å². The summed E-state index contributed by atoms with van der Waals surface area (Å²) in [5.74, 6) is 0.892. The van der Waals surface area contributed by atoms with Crippen LogP contribution in [-0.4, -0.2) is 18.0 Å². The third kappa shape index (κ3) is 6.26. The summed E-state index contributed by atoms with van der Waals surface area (Å²) < 4.78 is 0. The molecule has 0 amide bonds. The van der Waals surface area contributed by atoms with Gasteiger partial charge in [-0.2, -0.15) is 0 Å². The monoisotopic (exact) mass is 350 g/mol. The van der Waals surface area contributed by atoms with Crippen molar-refractivity contribution in [1.29, 1.82) is 0 Å². The van der Waals surface area contributed by atoms with E-state index >= 15 is 0 Å². The molecule has 0 saturated heterocycles. The van der Waals surface area contributed by atoms with Crippen LogP contribution < -0.4 is 5.73 Å². The number of nitrogens with zero attached hydrogens (tertiary/aromatic N) is 1. The van der Waals surface area contributed by atoms with Gasteiger partial charge in [0.2, 0.25) is 0 Å². The highest BCUT2D eigenvalue weighted by atomic mass is 15.1. The van der Waals surface area contributed by atoms with Crippen LogP contribution in [0.3, 0.4) is 0 Å². The van der Waals surface area contributed by atoms with E-state index in [2.05, 4.69) is 59.5 Å². The van der Waals surface area contributed by atoms with Gasteiger partial charge in [-0.1, -0.05) is 73.9 Å². The fraction of sp³-hybridized carbons (Fsp3) is 0.500. The van der Waals surface area contributed by atoms with Crippen LogP contribution in [-0.2, 0) is 19.5 Å². The summed E-state index contributed by atoms with van der Waals surface area (Å²) >= 11 is 0. The first-order valence-corrected chi connectivity index (χ1v) is 10.4. The molecule has 0 aliphatic heterocycles. The number of hydrogen-bond donors (Lipinski definition) is 1. The standard InChI is InChI=1S/C24H34N2/c25-18-22-13-15-24(16-14-22)20-26(19-23-10-5-2-6-11-23)17-7-12-21-8-3-1-4-9-21/h1,3-4,8-9,13-16,23H,2,5-7,10-12,17-20,25H2. The van der Waals surface area contributed by atoms with E-state index in [9.17, 15) is 0 Å². The van der Waals surface area contributed by atoms with Gasteiger partial charge < -0.3 is 5.73 Å². The van der Waals surface area contributed by atoms with Gasteiger partial charge in [-0.15, -0.1) is 0 Å². The smallest absolute Gasteiger partial charge is 0.0233 e. The molecule has 1 aliphatic carbocycles. The van der Waals surface area contributed by atoms with E-state index in [0.29, 0.717) is 6.54 Å². The maximum Gasteiger partial charge on any atom is 0.0233 e. The molecule has 0 unspecified atom stereocenters. The SMILES string of the molecule is NCc1ccc(CN(CCCc2ccccc2)CC2CCCCC2)cc1. The second-order valence-corrected chi connectivity index (χ2v) is 7.85. The number of hydrogen-bond acceptors (Lipinski definition) is 2. The molecular weight excluding hydrogens is 316 g/mol. The van der Waals surface area contributed by atoms with Crippen LogP contribution >= 0.6 is 0 Å². The van der Waals surface area contributed by atoms with E-state index in [-0.39, 0.29) is 0 Å². The minimum Gasteiger partial charge on any atom is -0.326 e. The minimum absolute atomic E-state index is 0.628. The Balaban J connectivity index is 1.56. The Morgan fingerprint density at radius 1 is 0.808 bits per heavy atom. The van der Waals surface area contributed by atoms with E-state index < -0.39 is 0 Å². The predicted molar refractivity (Wildman–Crippen MR) is 111 cm³/mol. The summed E-state index contributed by atoms with van der Waals surface area (Å²) in [5.41, 5.74) is 9.83. The molecule has 0 spiro atoms. The fourth-order valence-electron chi connectivity index (χ4n) is 4.16. The molecule has 0 aromatic heterocycles. The Morgan fingerprint density at radius 3 is 2.19 bits per heavy atom. The topological polar surface area (TPSA) is 29.3 Å². The van der Waals surface area contributed by atoms with Gasteiger partial charge in [0.15, 0.2) is 0 Å². The van der Waals surface area contributed by atoms with Gasteiger partial charge in [0.05, 0.1) is 0 Å². The Hall–Kier alpha value is -1.64. The van der Waals surface area contributed by atoms with Gasteiger partial charge in [-0.3, -0.25) is 4.90 Å². The number of aryl methyl sites for hydroxylation is 1. The molecule has 3 rings (SSSR count). The lowest BCUT2D eigenvalue weighted by atomic mass is 9.89. The Labute approximate surface area is 159 Å². The van der Waals surface area contributed by atoms with Crippen molar-refractivity contribution in [1.82, 2.24) is 4.90 Å². The summed E-state index contributed by atoms with van der Waals surface area (Å²) in [5, 5.41) is 0. The highest BCUT2D eigenvalue weighted by Gasteiger charge is 2.17. The maximum atomic E-state index is 5.74. The normalized spacial score (nSPS) is 15.5. The predicted octanol–water partition coefficient (Wildman–Crippen LogP) is 5.16. The van der Waals surface area contributed by atoms with E-state index in [0.717, 1.165) is 12.5 Å². The lowest BCUT2D eigenvalue weighted by molar-refractivity contribution is 0.192. The van der Waals surface area contributed by atoms with Gasteiger partial charge in [-0.05, 0) is 54.8 Å². The van der Waals surface area contributed by atoms with Crippen LogP contribution in [0.25, 0.3) is 0 Å². The minimum atomic E-state index is 0.628. The van der Waals surface area contributed by atoms with Crippen molar-refractivity contribution in [2.45, 2.75) is 58.0 Å². The number of benzene rings is 2. The van der Waals surface area contributed by atoms with E-state index in [1.54, 1.807) is 0 Å². The van der Waals surface area contributed by atoms with Crippen LogP contribution in [0.1, 0.15) is 55.2 Å². The number of nitrogens with two attached hydrogens (primary N) is 1. The Morgan fingerprint density at radius 2 is 1.50 bits per heavy atom. The van der Waals surface area contributed by atoms with Gasteiger partial charge >= 0.3 is 0 Å². The Kier molecular flexibility index (Phi) is 7.72. The molecule has 26 heavy (non-hydrogen) atoms. The molecule has 0 radical (unpaired) electrons. The third-order valence-electron chi connectivity index (χ3n) is 5.69. The molecule has 0 heterocycles. The average Bonchev–Trinajstić information content (AvgIpc) is 2.70. The van der Waals surface area contributed by atoms with Crippen molar-refractivity contribution in [3.05, 3.63) is 71.3 Å². The van der Waals surface area contributed by atoms with Crippen LogP contribution in [0.5, 0.6) is 0 Å². The molecule has 1 fully saturated rings. The molecule has 0 atom stereocenters. The van der Waals surface area contributed by atoms with Gasteiger partial charge in [-0.25, -0.2) is 0 Å². The van der Waals surface area contributed by atoms with Gasteiger partial charge in [0.25, 0.3) is 0 Å². The molecule has 0 bridgehead atoms. The molecule has 1 saturated carbocycles. The highest BCUT2D eigenvalue weighted by molar-refractivity contribution is 5.22. The fourth-order valence-corrected chi connectivity index (χ4v) is 4.16. The van der Waals surface area contributed by atoms with Crippen molar-refractivity contribution in [3.63, 3.8) is 0 Å². The molecule has 2 aromatic rings. The van der Waals surface area contributed by atoms with E-state index in [4.69, 9.17) is 5.73 Å². The zero-order chi connectivity index (χ0) is 18.0. The summed E-state index contributed by atoms with van der Waals surface area (Å²) in [7, 11) is 0. The van der Waals surface area contributed by atoms with Crippen LogP contribution in [0.4, 0.5) is 0 Å². The molecule has 2 heteroatoms. The lowest BCUT2D eigenvalue weighted by Crippen LogP contribution is -2.31. The van der Waals surface area contributed by atoms with Crippen molar-refractivity contribution in [3.8, 4) is 0 Å². The molecule has 2 N–H and O–H groups in total. The first-order valence-electron chi connectivity index (χ1n) is 10.4. The molecule has 2 nitrogen and oxygen atoms in total. The quantitative estimate of drug-likeness (QED) is 0.677. The van der Waals surface area contributed by atoms with Gasteiger partial charge in [0, 0.05) is 19.6 Å². The maximum absolute atomic E-state index is 5.74. The zero-order valence-electron chi connectivity index (χ0n) is 16.1. The summed E-state index contributed by atoms with van der Waals surface area (Å²) in [6, 6.07) is 19.8. The van der Waals surface area contributed by atoms with Crippen LogP contribution in [0, 0.1) is 5.92 Å². The van der Waals surface area contributed by atoms with E-state index in [1.165, 1.54) is 74.7 Å². The summed E-state index contributed by atoms with van der Waals surface area (Å²) in [6.07, 6.45) is 9.53. The summed E-state index contributed by atoms with van der Waals surface area (Å²) in [4.78, 5) is 2.69. The molecule has 2 aromatic carbocycles. The average molecular weight is 351 g/mol. The van der Waals surface area contributed by atoms with Gasteiger partial charge in [0.1, 0.15) is 0 Å². The van der Waals surface area contributed by atoms with Crippen molar-refractivity contribution in [2.24, 2.45) is 11.7 Å². The van der Waals surface area contributed by atoms with Crippen LogP contribution in [0.2, 0.25) is 0 Å². The molecular formula is C24H34N2. The van der Waals surface area contributed by atoms with Crippen molar-refractivity contribution >= 4 is 0 Å².